The van der Waals surface area contributed by atoms with Crippen molar-refractivity contribution in [2.45, 2.75) is 24.8 Å². The van der Waals surface area contributed by atoms with Crippen LogP contribution in [0.3, 0.4) is 0 Å². The summed E-state index contributed by atoms with van der Waals surface area (Å²) in [5.41, 5.74) is 0.795. The minimum absolute atomic E-state index is 0.0475. The van der Waals surface area contributed by atoms with Crippen LogP contribution in [-0.4, -0.2) is 41.1 Å². The largest absolute Gasteiger partial charge is 0.403 e. The van der Waals surface area contributed by atoms with Crippen LogP contribution in [0.2, 0.25) is 5.02 Å². The van der Waals surface area contributed by atoms with Crippen LogP contribution in [0.4, 0.5) is 20.5 Å². The summed E-state index contributed by atoms with van der Waals surface area (Å²) in [6.45, 7) is 0.935. The molecule has 1 aromatic heterocycles. The van der Waals surface area contributed by atoms with Gasteiger partial charge in [-0.05, 0) is 42.8 Å². The standard InChI is InChI=1S/C22H18ClF2N5O3/c23-12-3-1-11(2-4-12)21-28-29-22(33-21)26-13-9-30(10-13)14-7-16(24)19(17(25)8-14)15-5-6-18(31)27-20(15)32/h1-4,7-8,13,15H,5-6,9-10H2,(H,26,29)(H,27,31,32). The number of aromatic nitrogens is 2. The maximum absolute atomic E-state index is 14.7. The number of carbonyl (C=O) groups is 2. The topological polar surface area (TPSA) is 100 Å². The number of benzene rings is 2. The number of anilines is 2. The van der Waals surface area contributed by atoms with E-state index in [4.69, 9.17) is 16.0 Å². The SMILES string of the molecule is O=C1CCC(c2c(F)cc(N3CC(Nc4nnc(-c5ccc(Cl)cc5)o4)C3)cc2F)C(=O)N1. The Morgan fingerprint density at radius 3 is 2.45 bits per heavy atom. The van der Waals surface area contributed by atoms with Crippen molar-refractivity contribution in [3.63, 3.8) is 0 Å². The van der Waals surface area contributed by atoms with Crippen LogP contribution < -0.4 is 15.5 Å². The summed E-state index contributed by atoms with van der Waals surface area (Å²) in [6.07, 6.45) is 0.127. The molecule has 2 fully saturated rings. The van der Waals surface area contributed by atoms with Crippen LogP contribution in [0.25, 0.3) is 11.5 Å². The normalized spacial score (nSPS) is 18.8. The van der Waals surface area contributed by atoms with E-state index >= 15 is 0 Å². The first kappa shape index (κ1) is 21.3. The molecule has 0 spiro atoms. The molecule has 2 aromatic carbocycles. The molecule has 0 aliphatic carbocycles. The number of imide groups is 1. The van der Waals surface area contributed by atoms with Crippen LogP contribution >= 0.6 is 11.6 Å². The number of nitrogens with zero attached hydrogens (tertiary/aromatic N) is 3. The summed E-state index contributed by atoms with van der Waals surface area (Å²) in [5.74, 6) is -3.40. The Morgan fingerprint density at radius 2 is 1.79 bits per heavy atom. The zero-order chi connectivity index (χ0) is 23.1. The van der Waals surface area contributed by atoms with Crippen molar-refractivity contribution >= 4 is 35.1 Å². The summed E-state index contributed by atoms with van der Waals surface area (Å²) in [4.78, 5) is 25.1. The van der Waals surface area contributed by atoms with Gasteiger partial charge in [-0.15, -0.1) is 5.10 Å². The third kappa shape index (κ3) is 4.25. The van der Waals surface area contributed by atoms with Gasteiger partial charge in [0.1, 0.15) is 11.6 Å². The molecule has 2 amide bonds. The molecule has 2 aliphatic heterocycles. The van der Waals surface area contributed by atoms with Gasteiger partial charge in [0, 0.05) is 41.3 Å². The second-order valence-corrected chi connectivity index (χ2v) is 8.43. The van der Waals surface area contributed by atoms with Gasteiger partial charge in [-0.25, -0.2) is 8.78 Å². The smallest absolute Gasteiger partial charge is 0.316 e. The van der Waals surface area contributed by atoms with Gasteiger partial charge in [-0.1, -0.05) is 16.7 Å². The summed E-state index contributed by atoms with van der Waals surface area (Å²) < 4.78 is 35.1. The number of carbonyl (C=O) groups excluding carboxylic acids is 2. The highest BCUT2D eigenvalue weighted by molar-refractivity contribution is 6.30. The van der Waals surface area contributed by atoms with Gasteiger partial charge in [-0.2, -0.15) is 0 Å². The average Bonchev–Trinajstić information content (AvgIpc) is 3.20. The minimum atomic E-state index is -1.02. The number of hydrogen-bond donors (Lipinski definition) is 2. The van der Waals surface area contributed by atoms with Gasteiger partial charge in [0.05, 0.1) is 12.0 Å². The molecule has 2 saturated heterocycles. The van der Waals surface area contributed by atoms with E-state index in [0.717, 1.165) is 5.56 Å². The minimum Gasteiger partial charge on any atom is -0.403 e. The molecular weight excluding hydrogens is 456 g/mol. The molecule has 2 N–H and O–H groups in total. The van der Waals surface area contributed by atoms with Gasteiger partial charge in [0.2, 0.25) is 17.7 Å². The third-order valence-electron chi connectivity index (χ3n) is 5.74. The maximum Gasteiger partial charge on any atom is 0.316 e. The lowest BCUT2D eigenvalue weighted by Crippen LogP contribution is -2.55. The second kappa shape index (κ2) is 8.43. The number of piperidine rings is 1. The number of nitrogens with one attached hydrogen (secondary N) is 2. The Hall–Kier alpha value is -3.53. The third-order valence-corrected chi connectivity index (χ3v) is 5.99. The van der Waals surface area contributed by atoms with Gasteiger partial charge in [-0.3, -0.25) is 14.9 Å². The number of rotatable bonds is 5. The quantitative estimate of drug-likeness (QED) is 0.547. The predicted molar refractivity (Wildman–Crippen MR) is 116 cm³/mol. The van der Waals surface area contributed by atoms with E-state index in [1.54, 1.807) is 29.2 Å². The van der Waals surface area contributed by atoms with Crippen LogP contribution in [0.15, 0.2) is 40.8 Å². The molecule has 0 bridgehead atoms. The lowest BCUT2D eigenvalue weighted by atomic mass is 9.89. The zero-order valence-electron chi connectivity index (χ0n) is 17.1. The number of amides is 2. The Bertz CT molecular complexity index is 1200. The molecule has 3 heterocycles. The number of hydrogen-bond acceptors (Lipinski definition) is 7. The molecule has 0 radical (unpaired) electrons. The molecule has 0 saturated carbocycles. The van der Waals surface area contributed by atoms with E-state index in [2.05, 4.69) is 20.8 Å². The average molecular weight is 474 g/mol. The molecule has 11 heteroatoms. The van der Waals surface area contributed by atoms with Crippen molar-refractivity contribution in [3.05, 3.63) is 58.6 Å². The van der Waals surface area contributed by atoms with E-state index in [1.165, 1.54) is 12.1 Å². The van der Waals surface area contributed by atoms with Gasteiger partial charge >= 0.3 is 6.01 Å². The van der Waals surface area contributed by atoms with E-state index in [9.17, 15) is 18.4 Å². The molecule has 3 aromatic rings. The fraction of sp³-hybridized carbons (Fsp3) is 0.273. The fourth-order valence-electron chi connectivity index (χ4n) is 4.00. The van der Waals surface area contributed by atoms with E-state index in [1.807, 2.05) is 0 Å². The first-order valence-corrected chi connectivity index (χ1v) is 10.7. The molecule has 170 valence electrons. The first-order valence-electron chi connectivity index (χ1n) is 10.3. The predicted octanol–water partition coefficient (Wildman–Crippen LogP) is 3.49. The zero-order valence-corrected chi connectivity index (χ0v) is 17.9. The van der Waals surface area contributed by atoms with Gasteiger partial charge < -0.3 is 14.6 Å². The highest BCUT2D eigenvalue weighted by Crippen LogP contribution is 2.33. The summed E-state index contributed by atoms with van der Waals surface area (Å²) in [7, 11) is 0. The Labute approximate surface area is 191 Å². The van der Waals surface area contributed by atoms with Gasteiger partial charge in [0.25, 0.3) is 0 Å². The van der Waals surface area contributed by atoms with Crippen molar-refractivity contribution in [1.29, 1.82) is 0 Å². The fourth-order valence-corrected chi connectivity index (χ4v) is 4.13. The van der Waals surface area contributed by atoms with Crippen LogP contribution in [-0.2, 0) is 9.59 Å². The van der Waals surface area contributed by atoms with E-state index in [0.29, 0.717) is 29.7 Å². The van der Waals surface area contributed by atoms with E-state index in [-0.39, 0.29) is 30.5 Å². The molecule has 33 heavy (non-hydrogen) atoms. The summed E-state index contributed by atoms with van der Waals surface area (Å²) >= 11 is 5.88. The summed E-state index contributed by atoms with van der Waals surface area (Å²) in [6, 6.07) is 9.61. The molecule has 1 atom stereocenters. The Morgan fingerprint density at radius 1 is 1.09 bits per heavy atom. The molecule has 1 unspecified atom stereocenters. The first-order chi connectivity index (χ1) is 15.9. The Balaban J connectivity index is 1.22. The van der Waals surface area contributed by atoms with E-state index < -0.39 is 29.4 Å². The summed E-state index contributed by atoms with van der Waals surface area (Å²) in [5, 5.41) is 13.8. The van der Waals surface area contributed by atoms with Crippen LogP contribution in [0.1, 0.15) is 24.3 Å². The van der Waals surface area contributed by atoms with Crippen molar-refractivity contribution in [1.82, 2.24) is 15.5 Å². The van der Waals surface area contributed by atoms with Crippen LogP contribution in [0, 0.1) is 11.6 Å². The maximum atomic E-state index is 14.7. The second-order valence-electron chi connectivity index (χ2n) is 7.99. The molecule has 5 rings (SSSR count). The van der Waals surface area contributed by atoms with Crippen LogP contribution in [0.5, 0.6) is 0 Å². The van der Waals surface area contributed by atoms with Crippen molar-refractivity contribution in [3.8, 4) is 11.5 Å². The number of halogens is 3. The lowest BCUT2D eigenvalue weighted by molar-refractivity contribution is -0.134. The molecule has 8 nitrogen and oxygen atoms in total. The monoisotopic (exact) mass is 473 g/mol. The Kier molecular flexibility index (Phi) is 5.45. The van der Waals surface area contributed by atoms with Crippen molar-refractivity contribution in [2.24, 2.45) is 0 Å². The molecule has 2 aliphatic rings. The highest BCUT2D eigenvalue weighted by Gasteiger charge is 2.34. The molecular formula is C22H18ClF2N5O3. The highest BCUT2D eigenvalue weighted by atomic mass is 35.5. The van der Waals surface area contributed by atoms with Crippen molar-refractivity contribution < 1.29 is 22.8 Å². The lowest BCUT2D eigenvalue weighted by Gasteiger charge is -2.41. The van der Waals surface area contributed by atoms with Crippen molar-refractivity contribution in [2.75, 3.05) is 23.3 Å². The van der Waals surface area contributed by atoms with Gasteiger partial charge in [0.15, 0.2) is 0 Å².